The molecule has 1 aromatic heterocycles. The minimum absolute atomic E-state index is 0.362. The maximum Gasteiger partial charge on any atom is 0.125 e. The molecule has 0 saturated carbocycles. The highest BCUT2D eigenvalue weighted by molar-refractivity contribution is 6.31. The Labute approximate surface area is 112 Å². The molecule has 0 saturated heterocycles. The second-order valence-electron chi connectivity index (χ2n) is 4.08. The molecule has 0 unspecified atom stereocenters. The lowest BCUT2D eigenvalue weighted by molar-refractivity contribution is 0.302. The molecule has 0 aliphatic heterocycles. The van der Waals surface area contributed by atoms with Gasteiger partial charge in [-0.2, -0.15) is 0 Å². The number of nitrogens with two attached hydrogens (primary N) is 1. The zero-order valence-corrected chi connectivity index (χ0v) is 10.9. The van der Waals surface area contributed by atoms with Crippen molar-refractivity contribution in [3.05, 3.63) is 58.4 Å². The third-order valence-corrected chi connectivity index (χ3v) is 2.96. The van der Waals surface area contributed by atoms with Gasteiger partial charge in [0.2, 0.25) is 0 Å². The Kier molecular flexibility index (Phi) is 4.18. The number of halogens is 1. The number of benzene rings is 1. The highest BCUT2D eigenvalue weighted by atomic mass is 35.5. The zero-order chi connectivity index (χ0) is 13.0. The van der Waals surface area contributed by atoms with Crippen LogP contribution < -0.4 is 10.5 Å². The molecule has 1 heterocycles. The minimum Gasteiger partial charge on any atom is -0.488 e. The fourth-order valence-corrected chi connectivity index (χ4v) is 1.97. The molecule has 0 atom stereocenters. The zero-order valence-electron chi connectivity index (χ0n) is 10.2. The first-order valence-corrected chi connectivity index (χ1v) is 6.09. The first-order chi connectivity index (χ1) is 8.70. The number of hydrogen-bond acceptors (Lipinski definition) is 3. The SMILES string of the molecule is Cc1cncc(COc2cccc(Cl)c2CN)c1. The van der Waals surface area contributed by atoms with Gasteiger partial charge in [0.1, 0.15) is 12.4 Å². The van der Waals surface area contributed by atoms with Crippen molar-refractivity contribution in [2.45, 2.75) is 20.1 Å². The van der Waals surface area contributed by atoms with Crippen LogP contribution in [0.4, 0.5) is 0 Å². The number of hydrogen-bond donors (Lipinski definition) is 1. The molecule has 0 amide bonds. The first kappa shape index (κ1) is 12.9. The number of rotatable bonds is 4. The molecule has 4 heteroatoms. The van der Waals surface area contributed by atoms with E-state index in [1.807, 2.05) is 37.4 Å². The molecule has 0 aliphatic carbocycles. The predicted molar refractivity (Wildman–Crippen MR) is 72.6 cm³/mol. The molecule has 0 radical (unpaired) electrons. The van der Waals surface area contributed by atoms with Crippen molar-refractivity contribution >= 4 is 11.6 Å². The molecular weight excluding hydrogens is 248 g/mol. The van der Waals surface area contributed by atoms with Gasteiger partial charge in [-0.25, -0.2) is 0 Å². The van der Waals surface area contributed by atoms with E-state index in [0.29, 0.717) is 18.2 Å². The summed E-state index contributed by atoms with van der Waals surface area (Å²) in [5, 5.41) is 0.636. The summed E-state index contributed by atoms with van der Waals surface area (Å²) >= 11 is 6.06. The largest absolute Gasteiger partial charge is 0.488 e. The lowest BCUT2D eigenvalue weighted by Gasteiger charge is -2.11. The Morgan fingerprint density at radius 2 is 2.17 bits per heavy atom. The minimum atomic E-state index is 0.362. The summed E-state index contributed by atoms with van der Waals surface area (Å²) in [5.74, 6) is 0.728. The van der Waals surface area contributed by atoms with Crippen molar-refractivity contribution in [3.8, 4) is 5.75 Å². The number of nitrogens with zero attached hydrogens (tertiary/aromatic N) is 1. The van der Waals surface area contributed by atoms with Crippen molar-refractivity contribution < 1.29 is 4.74 Å². The van der Waals surface area contributed by atoms with E-state index >= 15 is 0 Å². The Hall–Kier alpha value is -1.58. The summed E-state index contributed by atoms with van der Waals surface area (Å²) in [7, 11) is 0. The van der Waals surface area contributed by atoms with Crippen LogP contribution in [0.25, 0.3) is 0 Å². The van der Waals surface area contributed by atoms with Gasteiger partial charge in [-0.05, 0) is 30.7 Å². The summed E-state index contributed by atoms with van der Waals surface area (Å²) < 4.78 is 5.75. The van der Waals surface area contributed by atoms with Gasteiger partial charge in [0, 0.05) is 35.1 Å². The van der Waals surface area contributed by atoms with Crippen molar-refractivity contribution in [1.82, 2.24) is 4.98 Å². The standard InChI is InChI=1S/C14H15ClN2O/c1-10-5-11(8-17-7-10)9-18-14-4-2-3-13(15)12(14)6-16/h2-5,7-8H,6,9,16H2,1H3. The smallest absolute Gasteiger partial charge is 0.125 e. The van der Waals surface area contributed by atoms with E-state index in [1.54, 1.807) is 6.20 Å². The Bertz CT molecular complexity index is 543. The van der Waals surface area contributed by atoms with Crippen LogP contribution in [0.3, 0.4) is 0 Å². The number of pyridine rings is 1. The van der Waals surface area contributed by atoms with Crippen molar-refractivity contribution in [1.29, 1.82) is 0 Å². The van der Waals surface area contributed by atoms with Crippen LogP contribution in [0.15, 0.2) is 36.7 Å². The molecule has 0 aliphatic rings. The fourth-order valence-electron chi connectivity index (χ4n) is 1.73. The lowest BCUT2D eigenvalue weighted by Crippen LogP contribution is -2.03. The molecule has 1 aromatic carbocycles. The number of ether oxygens (including phenoxy) is 1. The van der Waals surface area contributed by atoms with Gasteiger partial charge in [-0.15, -0.1) is 0 Å². The van der Waals surface area contributed by atoms with Crippen molar-refractivity contribution in [2.75, 3.05) is 0 Å². The normalized spacial score (nSPS) is 10.4. The summed E-state index contributed by atoms with van der Waals surface area (Å²) in [6.45, 7) is 2.82. The second-order valence-corrected chi connectivity index (χ2v) is 4.49. The summed E-state index contributed by atoms with van der Waals surface area (Å²) in [6, 6.07) is 7.58. The fraction of sp³-hybridized carbons (Fsp3) is 0.214. The summed E-state index contributed by atoms with van der Waals surface area (Å²) in [6.07, 6.45) is 3.61. The van der Waals surface area contributed by atoms with E-state index in [4.69, 9.17) is 22.1 Å². The van der Waals surface area contributed by atoms with Gasteiger partial charge in [0.15, 0.2) is 0 Å². The summed E-state index contributed by atoms with van der Waals surface area (Å²) in [5.41, 5.74) is 8.64. The van der Waals surface area contributed by atoms with Crippen LogP contribution in [-0.2, 0) is 13.2 Å². The number of aromatic nitrogens is 1. The van der Waals surface area contributed by atoms with Gasteiger partial charge in [0.25, 0.3) is 0 Å². The molecule has 0 spiro atoms. The predicted octanol–water partition coefficient (Wildman–Crippen LogP) is 3.08. The topological polar surface area (TPSA) is 48.1 Å². The van der Waals surface area contributed by atoms with Gasteiger partial charge in [-0.1, -0.05) is 17.7 Å². The summed E-state index contributed by atoms with van der Waals surface area (Å²) in [4.78, 5) is 4.13. The Morgan fingerprint density at radius 1 is 1.33 bits per heavy atom. The molecule has 2 rings (SSSR count). The van der Waals surface area contributed by atoms with Crippen LogP contribution in [0.2, 0.25) is 5.02 Å². The number of aryl methyl sites for hydroxylation is 1. The molecule has 3 nitrogen and oxygen atoms in total. The molecule has 0 fully saturated rings. The monoisotopic (exact) mass is 262 g/mol. The maximum atomic E-state index is 6.06. The molecular formula is C14H15ClN2O. The Balaban J connectivity index is 2.13. The third kappa shape index (κ3) is 3.00. The van der Waals surface area contributed by atoms with E-state index in [0.717, 1.165) is 22.4 Å². The van der Waals surface area contributed by atoms with Gasteiger partial charge in [-0.3, -0.25) is 4.98 Å². The highest BCUT2D eigenvalue weighted by Gasteiger charge is 2.06. The molecule has 2 aromatic rings. The first-order valence-electron chi connectivity index (χ1n) is 5.71. The van der Waals surface area contributed by atoms with E-state index in [-0.39, 0.29) is 0 Å². The van der Waals surface area contributed by atoms with Crippen LogP contribution >= 0.6 is 11.6 Å². The highest BCUT2D eigenvalue weighted by Crippen LogP contribution is 2.26. The van der Waals surface area contributed by atoms with Crippen LogP contribution in [0.5, 0.6) is 5.75 Å². The molecule has 94 valence electrons. The van der Waals surface area contributed by atoms with Crippen LogP contribution in [0, 0.1) is 6.92 Å². The van der Waals surface area contributed by atoms with E-state index < -0.39 is 0 Å². The van der Waals surface area contributed by atoms with Crippen LogP contribution in [0.1, 0.15) is 16.7 Å². The van der Waals surface area contributed by atoms with Gasteiger partial charge < -0.3 is 10.5 Å². The second kappa shape index (κ2) is 5.85. The van der Waals surface area contributed by atoms with Gasteiger partial charge in [0.05, 0.1) is 0 Å². The third-order valence-electron chi connectivity index (χ3n) is 2.61. The van der Waals surface area contributed by atoms with E-state index in [2.05, 4.69) is 4.98 Å². The average Bonchev–Trinajstić information content (AvgIpc) is 2.36. The van der Waals surface area contributed by atoms with E-state index in [9.17, 15) is 0 Å². The van der Waals surface area contributed by atoms with Crippen molar-refractivity contribution in [2.24, 2.45) is 5.73 Å². The quantitative estimate of drug-likeness (QED) is 0.921. The lowest BCUT2D eigenvalue weighted by atomic mass is 10.2. The van der Waals surface area contributed by atoms with E-state index in [1.165, 1.54) is 0 Å². The Morgan fingerprint density at radius 3 is 2.89 bits per heavy atom. The van der Waals surface area contributed by atoms with Crippen LogP contribution in [-0.4, -0.2) is 4.98 Å². The van der Waals surface area contributed by atoms with Gasteiger partial charge >= 0.3 is 0 Å². The molecule has 18 heavy (non-hydrogen) atoms. The maximum absolute atomic E-state index is 6.06. The average molecular weight is 263 g/mol. The van der Waals surface area contributed by atoms with Crippen molar-refractivity contribution in [3.63, 3.8) is 0 Å². The molecule has 0 bridgehead atoms. The molecule has 2 N–H and O–H groups in total.